The Morgan fingerprint density at radius 2 is 1.36 bits per heavy atom. The summed E-state index contributed by atoms with van der Waals surface area (Å²) in [5.41, 5.74) is 6.19. The molecule has 0 unspecified atom stereocenters. The summed E-state index contributed by atoms with van der Waals surface area (Å²) in [5, 5.41) is 9.06. The molecule has 2 aromatic carbocycles. The fourth-order valence-corrected chi connectivity index (χ4v) is 2.94. The van der Waals surface area contributed by atoms with Gasteiger partial charge in [0, 0.05) is 25.2 Å². The van der Waals surface area contributed by atoms with Crippen LogP contribution in [0.1, 0.15) is 16.8 Å². The summed E-state index contributed by atoms with van der Waals surface area (Å²) in [4.78, 5) is 24.9. The van der Waals surface area contributed by atoms with Crippen LogP contribution in [0.5, 0.6) is 11.8 Å². The molecule has 0 aliphatic carbocycles. The van der Waals surface area contributed by atoms with Crippen LogP contribution in [0.4, 0.5) is 11.9 Å². The third kappa shape index (κ3) is 10.2. The van der Waals surface area contributed by atoms with Gasteiger partial charge in [-0.15, -0.1) is 0 Å². The van der Waals surface area contributed by atoms with Crippen LogP contribution in [0.15, 0.2) is 60.7 Å². The molecule has 0 aliphatic rings. The van der Waals surface area contributed by atoms with E-state index in [1.165, 1.54) is 0 Å². The van der Waals surface area contributed by atoms with Crippen LogP contribution in [0.2, 0.25) is 0 Å². The first-order valence-corrected chi connectivity index (χ1v) is 11.9. The third-order valence-corrected chi connectivity index (χ3v) is 4.70. The Labute approximate surface area is 210 Å². The van der Waals surface area contributed by atoms with E-state index in [9.17, 15) is 4.79 Å². The van der Waals surface area contributed by atoms with E-state index in [0.29, 0.717) is 75.8 Å². The summed E-state index contributed by atoms with van der Waals surface area (Å²) in [6.07, 6.45) is 0.790. The Morgan fingerprint density at radius 1 is 0.750 bits per heavy atom. The van der Waals surface area contributed by atoms with Gasteiger partial charge in [0.1, 0.15) is 5.75 Å². The second-order valence-corrected chi connectivity index (χ2v) is 7.52. The van der Waals surface area contributed by atoms with Gasteiger partial charge in [0.25, 0.3) is 5.91 Å². The number of amides is 1. The molecular weight excluding hydrogens is 462 g/mol. The normalized spacial score (nSPS) is 10.6. The summed E-state index contributed by atoms with van der Waals surface area (Å²) in [6.45, 7) is 3.84. The van der Waals surface area contributed by atoms with Gasteiger partial charge in [0.05, 0.1) is 26.4 Å². The maximum atomic E-state index is 11.9. The molecule has 3 rings (SSSR count). The van der Waals surface area contributed by atoms with Crippen LogP contribution in [-0.4, -0.2) is 73.5 Å². The Hall–Kier alpha value is -3.80. The summed E-state index contributed by atoms with van der Waals surface area (Å²) >= 11 is 0. The van der Waals surface area contributed by atoms with Crippen LogP contribution in [0, 0.1) is 0 Å². The standard InChI is InChI=1S/C25H33N7O4/c26-12-7-13-28-23-30-24(32-25(31-23)36-21-10-5-2-6-11-21)29-15-17-35-19-18-34-16-14-27-22(33)20-8-3-1-4-9-20/h1-6,8-11H,7,12-19,26H2,(H,27,33)(H2,28,29,30,31,32). The van der Waals surface area contributed by atoms with E-state index >= 15 is 0 Å². The highest BCUT2D eigenvalue weighted by Gasteiger charge is 2.09. The summed E-state index contributed by atoms with van der Waals surface area (Å²) in [7, 11) is 0. The molecule has 5 N–H and O–H groups in total. The topological polar surface area (TPSA) is 146 Å². The molecule has 0 saturated heterocycles. The maximum absolute atomic E-state index is 11.9. The van der Waals surface area contributed by atoms with Crippen LogP contribution in [0.25, 0.3) is 0 Å². The van der Waals surface area contributed by atoms with E-state index in [1.807, 2.05) is 48.5 Å². The Balaban J connectivity index is 1.32. The zero-order valence-corrected chi connectivity index (χ0v) is 20.2. The van der Waals surface area contributed by atoms with Gasteiger partial charge in [0.2, 0.25) is 11.9 Å². The summed E-state index contributed by atoms with van der Waals surface area (Å²) < 4.78 is 16.8. The summed E-state index contributed by atoms with van der Waals surface area (Å²) in [6, 6.07) is 18.6. The largest absolute Gasteiger partial charge is 0.424 e. The monoisotopic (exact) mass is 495 g/mol. The van der Waals surface area contributed by atoms with Crippen molar-refractivity contribution in [3.63, 3.8) is 0 Å². The molecule has 0 bridgehead atoms. The molecule has 1 amide bonds. The number of anilines is 2. The number of ether oxygens (including phenoxy) is 3. The average molecular weight is 496 g/mol. The lowest BCUT2D eigenvalue weighted by atomic mass is 10.2. The van der Waals surface area contributed by atoms with E-state index in [1.54, 1.807) is 12.1 Å². The molecule has 1 aromatic heterocycles. The lowest BCUT2D eigenvalue weighted by Gasteiger charge is -2.11. The molecule has 11 nitrogen and oxygen atoms in total. The van der Waals surface area contributed by atoms with Gasteiger partial charge in [-0.05, 0) is 37.2 Å². The number of nitrogens with two attached hydrogens (primary N) is 1. The van der Waals surface area contributed by atoms with Crippen molar-refractivity contribution in [1.82, 2.24) is 20.3 Å². The van der Waals surface area contributed by atoms with Gasteiger partial charge in [0.15, 0.2) is 0 Å². The van der Waals surface area contributed by atoms with Gasteiger partial charge >= 0.3 is 6.01 Å². The second kappa shape index (κ2) is 16.0. The highest BCUT2D eigenvalue weighted by atomic mass is 16.5. The minimum Gasteiger partial charge on any atom is -0.424 e. The molecule has 11 heteroatoms. The SMILES string of the molecule is NCCCNc1nc(NCCOCCOCCNC(=O)c2ccccc2)nc(Oc2ccccc2)n1. The number of nitrogens with zero attached hydrogens (tertiary/aromatic N) is 3. The molecule has 3 aromatic rings. The molecule has 1 heterocycles. The number of hydrogen-bond acceptors (Lipinski definition) is 10. The van der Waals surface area contributed by atoms with Crippen molar-refractivity contribution in [2.24, 2.45) is 5.73 Å². The molecule has 36 heavy (non-hydrogen) atoms. The van der Waals surface area contributed by atoms with Crippen molar-refractivity contribution < 1.29 is 19.0 Å². The fourth-order valence-electron chi connectivity index (χ4n) is 2.94. The second-order valence-electron chi connectivity index (χ2n) is 7.52. The molecule has 0 fully saturated rings. The van der Waals surface area contributed by atoms with Gasteiger partial charge in [-0.25, -0.2) is 0 Å². The minimum atomic E-state index is -0.116. The van der Waals surface area contributed by atoms with Crippen molar-refractivity contribution in [2.75, 3.05) is 63.2 Å². The van der Waals surface area contributed by atoms with Gasteiger partial charge in [-0.1, -0.05) is 36.4 Å². The number of hydrogen-bond donors (Lipinski definition) is 4. The van der Waals surface area contributed by atoms with Crippen molar-refractivity contribution in [3.05, 3.63) is 66.2 Å². The van der Waals surface area contributed by atoms with Crippen LogP contribution < -0.4 is 26.4 Å². The van der Waals surface area contributed by atoms with E-state index in [2.05, 4.69) is 30.9 Å². The van der Waals surface area contributed by atoms with E-state index < -0.39 is 0 Å². The maximum Gasteiger partial charge on any atom is 0.328 e. The molecule has 0 saturated carbocycles. The van der Waals surface area contributed by atoms with Gasteiger partial charge in [-0.3, -0.25) is 4.79 Å². The number of nitrogens with one attached hydrogen (secondary N) is 3. The van der Waals surface area contributed by atoms with Crippen LogP contribution in [-0.2, 0) is 9.47 Å². The number of benzene rings is 2. The lowest BCUT2D eigenvalue weighted by molar-refractivity contribution is 0.0519. The molecular formula is C25H33N7O4. The Morgan fingerprint density at radius 3 is 2.03 bits per heavy atom. The molecule has 0 atom stereocenters. The van der Waals surface area contributed by atoms with Crippen molar-refractivity contribution >= 4 is 17.8 Å². The smallest absolute Gasteiger partial charge is 0.328 e. The quantitative estimate of drug-likeness (QED) is 0.206. The number of carbonyl (C=O) groups is 1. The first-order chi connectivity index (χ1) is 17.7. The van der Waals surface area contributed by atoms with Crippen molar-refractivity contribution in [1.29, 1.82) is 0 Å². The average Bonchev–Trinajstić information content (AvgIpc) is 2.91. The minimum absolute atomic E-state index is 0.116. The van der Waals surface area contributed by atoms with Crippen LogP contribution >= 0.6 is 0 Å². The highest BCUT2D eigenvalue weighted by molar-refractivity contribution is 5.94. The zero-order chi connectivity index (χ0) is 25.3. The predicted molar refractivity (Wildman–Crippen MR) is 137 cm³/mol. The van der Waals surface area contributed by atoms with Gasteiger partial charge in [-0.2, -0.15) is 15.0 Å². The Kier molecular flexibility index (Phi) is 11.9. The lowest BCUT2D eigenvalue weighted by Crippen LogP contribution is -2.27. The van der Waals surface area contributed by atoms with Crippen molar-refractivity contribution in [2.45, 2.75) is 6.42 Å². The molecule has 0 aliphatic heterocycles. The van der Waals surface area contributed by atoms with Gasteiger partial charge < -0.3 is 35.9 Å². The third-order valence-electron chi connectivity index (χ3n) is 4.70. The molecule has 0 spiro atoms. The number of para-hydroxylation sites is 1. The zero-order valence-electron chi connectivity index (χ0n) is 20.2. The van der Waals surface area contributed by atoms with E-state index in [-0.39, 0.29) is 11.9 Å². The summed E-state index contributed by atoms with van der Waals surface area (Å²) in [5.74, 6) is 1.29. The Bertz CT molecular complexity index is 1030. The molecule has 192 valence electrons. The van der Waals surface area contributed by atoms with E-state index in [4.69, 9.17) is 19.9 Å². The van der Waals surface area contributed by atoms with Crippen LogP contribution in [0.3, 0.4) is 0 Å². The first-order valence-electron chi connectivity index (χ1n) is 11.9. The van der Waals surface area contributed by atoms with Crippen molar-refractivity contribution in [3.8, 4) is 11.8 Å². The van der Waals surface area contributed by atoms with E-state index in [0.717, 1.165) is 6.42 Å². The predicted octanol–water partition coefficient (Wildman–Crippen LogP) is 2.30. The number of rotatable bonds is 17. The number of aromatic nitrogens is 3. The number of carbonyl (C=O) groups excluding carboxylic acids is 1. The fraction of sp³-hybridized carbons (Fsp3) is 0.360. The highest BCUT2D eigenvalue weighted by Crippen LogP contribution is 2.19. The first kappa shape index (κ1) is 26.8. The molecule has 0 radical (unpaired) electrons.